The van der Waals surface area contributed by atoms with Gasteiger partial charge in [-0.05, 0) is 23.0 Å². The smallest absolute Gasteiger partial charge is 0.0917 e. The molecule has 1 aromatic carbocycles. The average Bonchev–Trinajstić information content (AvgIpc) is 2.75. The highest BCUT2D eigenvalue weighted by molar-refractivity contribution is 8.20. The van der Waals surface area contributed by atoms with Gasteiger partial charge in [0.1, 0.15) is 0 Å². The topological polar surface area (TPSA) is 0 Å². The van der Waals surface area contributed by atoms with E-state index in [1.165, 1.54) is 17.9 Å². The Labute approximate surface area is 100 Å². The van der Waals surface area contributed by atoms with E-state index in [-0.39, 0.29) is 0 Å². The SMILES string of the molecule is CC1(C)Cc2ccccc2C12SCCS2. The van der Waals surface area contributed by atoms with E-state index in [0.717, 1.165) is 0 Å². The van der Waals surface area contributed by atoms with E-state index in [9.17, 15) is 0 Å². The Bertz CT molecular complexity index is 389. The molecule has 0 aromatic heterocycles. The van der Waals surface area contributed by atoms with Crippen LogP contribution in [0.3, 0.4) is 0 Å². The van der Waals surface area contributed by atoms with Crippen molar-refractivity contribution in [1.82, 2.24) is 0 Å². The molecule has 0 N–H and O–H groups in total. The van der Waals surface area contributed by atoms with E-state index in [0.29, 0.717) is 9.49 Å². The predicted molar refractivity (Wildman–Crippen MR) is 70.5 cm³/mol. The summed E-state index contributed by atoms with van der Waals surface area (Å²) >= 11 is 4.33. The Morgan fingerprint density at radius 3 is 2.47 bits per heavy atom. The van der Waals surface area contributed by atoms with E-state index in [4.69, 9.17) is 0 Å². The van der Waals surface area contributed by atoms with E-state index in [2.05, 4.69) is 61.6 Å². The zero-order valence-corrected chi connectivity index (χ0v) is 10.9. The maximum Gasteiger partial charge on any atom is 0.0917 e. The van der Waals surface area contributed by atoms with Crippen LogP contribution in [0.5, 0.6) is 0 Å². The normalized spacial score (nSPS) is 25.7. The summed E-state index contributed by atoms with van der Waals surface area (Å²) in [6.45, 7) is 4.86. The highest BCUT2D eigenvalue weighted by atomic mass is 32.2. The van der Waals surface area contributed by atoms with Crippen molar-refractivity contribution in [2.45, 2.75) is 24.3 Å². The highest BCUT2D eigenvalue weighted by Gasteiger charge is 2.54. The quantitative estimate of drug-likeness (QED) is 0.670. The lowest BCUT2D eigenvalue weighted by atomic mass is 9.89. The number of hydrogen-bond acceptors (Lipinski definition) is 2. The molecule has 1 heterocycles. The van der Waals surface area contributed by atoms with Gasteiger partial charge in [-0.15, -0.1) is 23.5 Å². The number of rotatable bonds is 0. The number of fused-ring (bicyclic) bond motifs is 2. The van der Waals surface area contributed by atoms with Gasteiger partial charge in [0.25, 0.3) is 0 Å². The summed E-state index contributed by atoms with van der Waals surface area (Å²) in [6.07, 6.45) is 1.24. The van der Waals surface area contributed by atoms with Gasteiger partial charge in [-0.3, -0.25) is 0 Å². The van der Waals surface area contributed by atoms with Crippen molar-refractivity contribution in [3.8, 4) is 0 Å². The van der Waals surface area contributed by atoms with Gasteiger partial charge in [-0.2, -0.15) is 0 Å². The molecule has 2 heteroatoms. The summed E-state index contributed by atoms with van der Waals surface area (Å²) in [6, 6.07) is 9.03. The molecule has 1 spiro atoms. The zero-order valence-electron chi connectivity index (χ0n) is 9.25. The van der Waals surface area contributed by atoms with Gasteiger partial charge in [0.2, 0.25) is 0 Å². The van der Waals surface area contributed by atoms with Gasteiger partial charge in [0, 0.05) is 11.5 Å². The monoisotopic (exact) mass is 236 g/mol. The third kappa shape index (κ3) is 1.24. The predicted octanol–water partition coefficient (Wildman–Crippen LogP) is 3.90. The van der Waals surface area contributed by atoms with Crippen molar-refractivity contribution < 1.29 is 0 Å². The zero-order chi connectivity index (χ0) is 10.5. The summed E-state index contributed by atoms with van der Waals surface area (Å²) in [5, 5.41) is 0. The van der Waals surface area contributed by atoms with Crippen molar-refractivity contribution in [3.63, 3.8) is 0 Å². The van der Waals surface area contributed by atoms with Crippen molar-refractivity contribution in [2.75, 3.05) is 11.5 Å². The number of hydrogen-bond donors (Lipinski definition) is 0. The van der Waals surface area contributed by atoms with Gasteiger partial charge >= 0.3 is 0 Å². The van der Waals surface area contributed by atoms with Gasteiger partial charge in [0.05, 0.1) is 4.08 Å². The van der Waals surface area contributed by atoms with Crippen molar-refractivity contribution in [2.24, 2.45) is 5.41 Å². The lowest BCUT2D eigenvalue weighted by Gasteiger charge is -2.37. The highest BCUT2D eigenvalue weighted by Crippen LogP contribution is 2.66. The Morgan fingerprint density at radius 1 is 1.07 bits per heavy atom. The van der Waals surface area contributed by atoms with Crippen molar-refractivity contribution in [1.29, 1.82) is 0 Å². The number of benzene rings is 1. The molecule has 80 valence electrons. The van der Waals surface area contributed by atoms with Gasteiger partial charge in [0.15, 0.2) is 0 Å². The maximum atomic E-state index is 2.43. The molecular weight excluding hydrogens is 220 g/mol. The summed E-state index contributed by atoms with van der Waals surface area (Å²) in [7, 11) is 0. The van der Waals surface area contributed by atoms with E-state index >= 15 is 0 Å². The minimum Gasteiger partial charge on any atom is -0.138 e. The van der Waals surface area contributed by atoms with Crippen LogP contribution < -0.4 is 0 Å². The summed E-state index contributed by atoms with van der Waals surface area (Å²) in [4.78, 5) is 0. The molecule has 0 unspecified atom stereocenters. The Hall–Kier alpha value is -0.0800. The summed E-state index contributed by atoms with van der Waals surface area (Å²) < 4.78 is 0.351. The molecule has 1 aromatic rings. The van der Waals surface area contributed by atoms with Crippen LogP contribution in [-0.4, -0.2) is 11.5 Å². The Morgan fingerprint density at radius 2 is 1.73 bits per heavy atom. The molecule has 0 bridgehead atoms. The van der Waals surface area contributed by atoms with Crippen molar-refractivity contribution >= 4 is 23.5 Å². The first-order valence-electron chi connectivity index (χ1n) is 5.52. The second-order valence-electron chi connectivity index (χ2n) is 5.03. The molecule has 0 saturated carbocycles. The van der Waals surface area contributed by atoms with E-state index in [1.54, 1.807) is 11.1 Å². The molecule has 1 saturated heterocycles. The molecule has 2 aliphatic rings. The summed E-state index contributed by atoms with van der Waals surface area (Å²) in [5.74, 6) is 2.62. The van der Waals surface area contributed by atoms with Crippen LogP contribution in [0, 0.1) is 5.41 Å². The first-order chi connectivity index (χ1) is 7.16. The van der Waals surface area contributed by atoms with Crippen LogP contribution in [0.15, 0.2) is 24.3 Å². The molecule has 0 atom stereocenters. The standard InChI is InChI=1S/C13H16S2/c1-12(2)9-10-5-3-4-6-11(10)13(12)14-7-8-15-13/h3-6H,7-9H2,1-2H3. The van der Waals surface area contributed by atoms with E-state index in [1.807, 2.05) is 0 Å². The Kier molecular flexibility index (Phi) is 2.16. The van der Waals surface area contributed by atoms with Crippen LogP contribution in [0.4, 0.5) is 0 Å². The molecule has 1 aliphatic heterocycles. The third-order valence-corrected chi connectivity index (χ3v) is 7.73. The number of thioether (sulfide) groups is 2. The fraction of sp³-hybridized carbons (Fsp3) is 0.538. The molecule has 1 fully saturated rings. The second-order valence-corrected chi connectivity index (χ2v) is 7.91. The fourth-order valence-electron chi connectivity index (χ4n) is 2.91. The second kappa shape index (κ2) is 3.21. The van der Waals surface area contributed by atoms with Crippen LogP contribution in [-0.2, 0) is 10.5 Å². The van der Waals surface area contributed by atoms with Crippen LogP contribution >= 0.6 is 23.5 Å². The van der Waals surface area contributed by atoms with Crippen molar-refractivity contribution in [3.05, 3.63) is 35.4 Å². The van der Waals surface area contributed by atoms with Crippen LogP contribution in [0.1, 0.15) is 25.0 Å². The first kappa shape index (κ1) is 10.1. The Balaban J connectivity index is 2.19. The molecule has 0 nitrogen and oxygen atoms in total. The minimum absolute atomic E-state index is 0.351. The largest absolute Gasteiger partial charge is 0.138 e. The molecule has 0 amide bonds. The third-order valence-electron chi connectivity index (χ3n) is 3.59. The van der Waals surface area contributed by atoms with Gasteiger partial charge in [-0.25, -0.2) is 0 Å². The van der Waals surface area contributed by atoms with E-state index < -0.39 is 0 Å². The van der Waals surface area contributed by atoms with Crippen LogP contribution in [0.25, 0.3) is 0 Å². The van der Waals surface area contributed by atoms with Gasteiger partial charge in [-0.1, -0.05) is 38.1 Å². The van der Waals surface area contributed by atoms with Crippen LogP contribution in [0.2, 0.25) is 0 Å². The molecule has 1 aliphatic carbocycles. The molecule has 0 radical (unpaired) electrons. The first-order valence-corrected chi connectivity index (χ1v) is 7.49. The maximum absolute atomic E-state index is 2.43. The van der Waals surface area contributed by atoms with Gasteiger partial charge < -0.3 is 0 Å². The molecule has 3 rings (SSSR count). The lowest BCUT2D eigenvalue weighted by molar-refractivity contribution is 0.361. The summed E-state index contributed by atoms with van der Waals surface area (Å²) in [5.41, 5.74) is 3.58. The molecule has 15 heavy (non-hydrogen) atoms. The lowest BCUT2D eigenvalue weighted by Crippen LogP contribution is -2.30. The average molecular weight is 236 g/mol. The minimum atomic E-state index is 0.351. The molecular formula is C13H16S2. The fourth-order valence-corrected chi connectivity index (χ4v) is 6.62.